The predicted molar refractivity (Wildman–Crippen MR) is 61.1 cm³/mol. The van der Waals surface area contributed by atoms with Gasteiger partial charge >= 0.3 is 0 Å². The van der Waals surface area contributed by atoms with E-state index < -0.39 is 0 Å². The van der Waals surface area contributed by atoms with Gasteiger partial charge in [0.2, 0.25) is 0 Å². The summed E-state index contributed by atoms with van der Waals surface area (Å²) in [5.41, 5.74) is 0. The van der Waals surface area contributed by atoms with Crippen molar-refractivity contribution >= 4 is 0 Å². The van der Waals surface area contributed by atoms with Crippen LogP contribution in [0.2, 0.25) is 0 Å². The molecule has 0 amide bonds. The number of ether oxygens (including phenoxy) is 2. The Labute approximate surface area is 105 Å². The van der Waals surface area contributed by atoms with Crippen molar-refractivity contribution < 1.29 is 14.0 Å². The van der Waals surface area contributed by atoms with Gasteiger partial charge in [-0.3, -0.25) is 0 Å². The minimum absolute atomic E-state index is 0.0977. The summed E-state index contributed by atoms with van der Waals surface area (Å²) in [4.78, 5) is 4.51. The molecular weight excluding hydrogens is 234 g/mol. The Bertz CT molecular complexity index is 430. The topological polar surface area (TPSA) is 69.4 Å². The lowest BCUT2D eigenvalue weighted by Gasteiger charge is -2.20. The second-order valence-electron chi connectivity index (χ2n) is 5.27. The number of rotatable bonds is 2. The van der Waals surface area contributed by atoms with E-state index in [4.69, 9.17) is 14.0 Å². The Morgan fingerprint density at radius 2 is 2.28 bits per heavy atom. The highest BCUT2D eigenvalue weighted by Gasteiger charge is 2.44. The van der Waals surface area contributed by atoms with Gasteiger partial charge in [-0.2, -0.15) is 4.98 Å². The summed E-state index contributed by atoms with van der Waals surface area (Å²) < 4.78 is 16.8. The van der Waals surface area contributed by atoms with E-state index in [-0.39, 0.29) is 6.10 Å². The highest BCUT2D eigenvalue weighted by atomic mass is 16.5. The molecule has 3 fully saturated rings. The van der Waals surface area contributed by atoms with Crippen molar-refractivity contribution in [3.63, 3.8) is 0 Å². The molecule has 6 nitrogen and oxygen atoms in total. The number of nitrogens with one attached hydrogen (secondary N) is 1. The molecule has 2 bridgehead atoms. The molecule has 4 rings (SSSR count). The Hall–Kier alpha value is -0.980. The molecule has 18 heavy (non-hydrogen) atoms. The van der Waals surface area contributed by atoms with Crippen molar-refractivity contribution in [3.8, 4) is 0 Å². The van der Waals surface area contributed by atoms with Crippen LogP contribution in [-0.2, 0) is 9.47 Å². The molecule has 3 aliphatic rings. The largest absolute Gasteiger partial charge is 0.374 e. The fraction of sp³-hybridized carbons (Fsp3) is 0.833. The highest BCUT2D eigenvalue weighted by Crippen LogP contribution is 2.43. The standard InChI is InChI=1S/C12H17N3O3/c1-2-9-8(5-7(1)17-9)11-14-12(18-15-11)10-6-13-3-4-16-10/h7-10,13H,1-6H2. The average molecular weight is 251 g/mol. The summed E-state index contributed by atoms with van der Waals surface area (Å²) in [6.45, 7) is 2.33. The van der Waals surface area contributed by atoms with Crippen molar-refractivity contribution in [3.05, 3.63) is 11.7 Å². The van der Waals surface area contributed by atoms with Crippen molar-refractivity contribution in [1.82, 2.24) is 15.5 Å². The molecule has 1 N–H and O–H groups in total. The Morgan fingerprint density at radius 3 is 3.00 bits per heavy atom. The van der Waals surface area contributed by atoms with Crippen LogP contribution in [0.25, 0.3) is 0 Å². The summed E-state index contributed by atoms with van der Waals surface area (Å²) >= 11 is 0. The average Bonchev–Trinajstić information content (AvgIpc) is 3.15. The lowest BCUT2D eigenvalue weighted by atomic mass is 9.89. The van der Waals surface area contributed by atoms with Crippen LogP contribution in [0.4, 0.5) is 0 Å². The Kier molecular flexibility index (Phi) is 2.60. The second kappa shape index (κ2) is 4.29. The molecule has 0 aromatic carbocycles. The number of hydrogen-bond acceptors (Lipinski definition) is 6. The third-order valence-corrected chi connectivity index (χ3v) is 4.10. The van der Waals surface area contributed by atoms with E-state index in [0.717, 1.165) is 31.8 Å². The van der Waals surface area contributed by atoms with Gasteiger partial charge in [0.25, 0.3) is 5.89 Å². The highest BCUT2D eigenvalue weighted by molar-refractivity contribution is 5.07. The molecule has 1 aromatic rings. The first-order chi connectivity index (χ1) is 8.90. The van der Waals surface area contributed by atoms with Gasteiger partial charge in [-0.05, 0) is 19.3 Å². The Balaban J connectivity index is 1.51. The fourth-order valence-electron chi connectivity index (χ4n) is 3.16. The maximum atomic E-state index is 5.83. The Morgan fingerprint density at radius 1 is 1.28 bits per heavy atom. The number of nitrogens with zero attached hydrogens (tertiary/aromatic N) is 2. The fourth-order valence-corrected chi connectivity index (χ4v) is 3.16. The van der Waals surface area contributed by atoms with Gasteiger partial charge in [-0.1, -0.05) is 5.16 Å². The van der Waals surface area contributed by atoms with Crippen LogP contribution in [0.3, 0.4) is 0 Å². The summed E-state index contributed by atoms with van der Waals surface area (Å²) in [6, 6.07) is 0. The molecule has 0 spiro atoms. The quantitative estimate of drug-likeness (QED) is 0.837. The summed E-state index contributed by atoms with van der Waals surface area (Å²) in [5.74, 6) is 1.71. The van der Waals surface area contributed by atoms with Gasteiger partial charge < -0.3 is 19.3 Å². The van der Waals surface area contributed by atoms with Crippen LogP contribution in [0.5, 0.6) is 0 Å². The lowest BCUT2D eigenvalue weighted by Crippen LogP contribution is -2.33. The zero-order valence-electron chi connectivity index (χ0n) is 10.2. The molecule has 4 unspecified atom stereocenters. The third-order valence-electron chi connectivity index (χ3n) is 4.10. The van der Waals surface area contributed by atoms with Crippen LogP contribution in [0, 0.1) is 0 Å². The first kappa shape index (κ1) is 10.9. The third kappa shape index (κ3) is 1.75. The molecule has 3 aliphatic heterocycles. The molecule has 4 atom stereocenters. The number of fused-ring (bicyclic) bond motifs is 2. The van der Waals surface area contributed by atoms with Gasteiger partial charge in [-0.15, -0.1) is 0 Å². The van der Waals surface area contributed by atoms with E-state index in [1.165, 1.54) is 6.42 Å². The van der Waals surface area contributed by atoms with Crippen molar-refractivity contribution in [2.75, 3.05) is 19.7 Å². The molecule has 6 heteroatoms. The minimum Gasteiger partial charge on any atom is -0.374 e. The van der Waals surface area contributed by atoms with Gasteiger partial charge in [0.15, 0.2) is 5.82 Å². The van der Waals surface area contributed by atoms with Gasteiger partial charge in [-0.25, -0.2) is 0 Å². The normalized spacial score (nSPS) is 39.3. The molecule has 98 valence electrons. The first-order valence-corrected chi connectivity index (χ1v) is 6.71. The molecular formula is C12H17N3O3. The van der Waals surface area contributed by atoms with Crippen LogP contribution < -0.4 is 5.32 Å². The van der Waals surface area contributed by atoms with Crippen molar-refractivity contribution in [2.24, 2.45) is 0 Å². The van der Waals surface area contributed by atoms with Gasteiger partial charge in [0.05, 0.1) is 24.7 Å². The van der Waals surface area contributed by atoms with Crippen LogP contribution in [-0.4, -0.2) is 42.0 Å². The molecule has 0 radical (unpaired) electrons. The minimum atomic E-state index is -0.0977. The number of aromatic nitrogens is 2. The van der Waals surface area contributed by atoms with Crippen LogP contribution >= 0.6 is 0 Å². The van der Waals surface area contributed by atoms with E-state index in [2.05, 4.69) is 15.5 Å². The van der Waals surface area contributed by atoms with E-state index >= 15 is 0 Å². The van der Waals surface area contributed by atoms with Crippen LogP contribution in [0.1, 0.15) is 43.0 Å². The van der Waals surface area contributed by atoms with Crippen molar-refractivity contribution in [1.29, 1.82) is 0 Å². The molecule has 0 aliphatic carbocycles. The summed E-state index contributed by atoms with van der Waals surface area (Å²) in [7, 11) is 0. The monoisotopic (exact) mass is 251 g/mol. The number of hydrogen-bond donors (Lipinski definition) is 1. The van der Waals surface area contributed by atoms with E-state index in [9.17, 15) is 0 Å². The maximum Gasteiger partial charge on any atom is 0.257 e. The van der Waals surface area contributed by atoms with E-state index in [1.807, 2.05) is 0 Å². The zero-order chi connectivity index (χ0) is 11.9. The van der Waals surface area contributed by atoms with Crippen molar-refractivity contribution in [2.45, 2.75) is 43.5 Å². The molecule has 0 saturated carbocycles. The molecule has 4 heterocycles. The van der Waals surface area contributed by atoms with Crippen LogP contribution in [0.15, 0.2) is 4.52 Å². The van der Waals surface area contributed by atoms with E-state index in [0.29, 0.717) is 30.6 Å². The molecule has 3 saturated heterocycles. The molecule has 1 aromatic heterocycles. The van der Waals surface area contributed by atoms with Gasteiger partial charge in [0, 0.05) is 13.1 Å². The maximum absolute atomic E-state index is 5.83. The predicted octanol–water partition coefficient (Wildman–Crippen LogP) is 0.765. The van der Waals surface area contributed by atoms with Gasteiger partial charge in [0.1, 0.15) is 6.10 Å². The summed E-state index contributed by atoms with van der Waals surface area (Å²) in [6.07, 6.45) is 3.95. The lowest BCUT2D eigenvalue weighted by molar-refractivity contribution is 0.00755. The smallest absolute Gasteiger partial charge is 0.257 e. The number of morpholine rings is 1. The zero-order valence-corrected chi connectivity index (χ0v) is 10.2. The van der Waals surface area contributed by atoms with E-state index in [1.54, 1.807) is 0 Å². The second-order valence-corrected chi connectivity index (χ2v) is 5.27. The first-order valence-electron chi connectivity index (χ1n) is 6.71. The SMILES string of the molecule is C1COC(c2nc(C3CC4CCC3O4)no2)CN1. The summed E-state index contributed by atoms with van der Waals surface area (Å²) in [5, 5.41) is 7.38.